The molecule has 0 saturated carbocycles. The van der Waals surface area contributed by atoms with E-state index in [1.165, 1.54) is 11.0 Å². The maximum Gasteiger partial charge on any atom is 0.328 e. The minimum absolute atomic E-state index is 0.120. The molecule has 5 rings (SSSR count). The van der Waals surface area contributed by atoms with E-state index in [0.717, 1.165) is 21.8 Å². The Balaban J connectivity index is 1.48. The van der Waals surface area contributed by atoms with Crippen LogP contribution in [0.15, 0.2) is 65.4 Å². The van der Waals surface area contributed by atoms with Crippen molar-refractivity contribution in [2.75, 3.05) is 11.9 Å². The number of likely N-dealkylation sites (N-methyl/N-ethyl adjacent to an activating group) is 1. The van der Waals surface area contributed by atoms with Crippen molar-refractivity contribution in [1.29, 1.82) is 0 Å². The standard InChI is InChI=1S/C23H22FN5O2/c1-14-8-10-17(11-9-14)29-15(2)12-27-19-20(25-22(27)29)26(3)23(31)28(21(19)30)13-16-6-4-5-7-18(16)24/h4-12,19-20H,13H2,1-3H3. The number of nitrogens with zero attached hydrogens (tertiary/aromatic N) is 5. The van der Waals surface area contributed by atoms with Crippen molar-refractivity contribution in [3.8, 4) is 0 Å². The first-order valence-corrected chi connectivity index (χ1v) is 10.1. The van der Waals surface area contributed by atoms with E-state index in [1.807, 2.05) is 54.1 Å². The van der Waals surface area contributed by atoms with Gasteiger partial charge in [-0.25, -0.2) is 14.2 Å². The monoisotopic (exact) mass is 419 g/mol. The zero-order chi connectivity index (χ0) is 21.9. The van der Waals surface area contributed by atoms with E-state index in [-0.39, 0.29) is 12.5 Å². The summed E-state index contributed by atoms with van der Waals surface area (Å²) in [6, 6.07) is 13.0. The molecule has 7 nitrogen and oxygen atoms in total. The number of fused-ring (bicyclic) bond motifs is 3. The predicted molar refractivity (Wildman–Crippen MR) is 114 cm³/mol. The Morgan fingerprint density at radius 3 is 2.45 bits per heavy atom. The summed E-state index contributed by atoms with van der Waals surface area (Å²) in [5.41, 5.74) is 3.30. The third-order valence-electron chi connectivity index (χ3n) is 5.97. The van der Waals surface area contributed by atoms with Crippen LogP contribution in [0.4, 0.5) is 14.9 Å². The van der Waals surface area contributed by atoms with Crippen LogP contribution in [0, 0.1) is 12.7 Å². The average Bonchev–Trinajstić information content (AvgIpc) is 3.26. The Bertz CT molecular complexity index is 1140. The molecular formula is C23H22FN5O2. The zero-order valence-corrected chi connectivity index (χ0v) is 17.5. The summed E-state index contributed by atoms with van der Waals surface area (Å²) in [5.74, 6) is -0.222. The first-order chi connectivity index (χ1) is 14.9. The Morgan fingerprint density at radius 1 is 1.03 bits per heavy atom. The third-order valence-corrected chi connectivity index (χ3v) is 5.97. The second-order valence-corrected chi connectivity index (χ2v) is 8.05. The number of aryl methyl sites for hydroxylation is 1. The van der Waals surface area contributed by atoms with Crippen LogP contribution in [-0.4, -0.2) is 51.9 Å². The van der Waals surface area contributed by atoms with Crippen molar-refractivity contribution >= 4 is 23.6 Å². The van der Waals surface area contributed by atoms with Crippen molar-refractivity contribution in [3.63, 3.8) is 0 Å². The maximum absolute atomic E-state index is 14.2. The second kappa shape index (κ2) is 6.94. The number of anilines is 1. The number of carbonyl (C=O) groups is 2. The molecule has 2 atom stereocenters. The highest BCUT2D eigenvalue weighted by atomic mass is 19.1. The van der Waals surface area contributed by atoms with Crippen molar-refractivity contribution in [3.05, 3.63) is 77.4 Å². The van der Waals surface area contributed by atoms with Gasteiger partial charge in [0.05, 0.1) is 6.54 Å². The molecular weight excluding hydrogens is 397 g/mol. The van der Waals surface area contributed by atoms with Gasteiger partial charge in [-0.05, 0) is 32.0 Å². The molecule has 3 aliphatic rings. The number of halogens is 1. The number of imide groups is 1. The van der Waals surface area contributed by atoms with Gasteiger partial charge >= 0.3 is 6.03 Å². The van der Waals surface area contributed by atoms with Crippen LogP contribution in [-0.2, 0) is 11.3 Å². The van der Waals surface area contributed by atoms with Gasteiger partial charge in [-0.2, -0.15) is 0 Å². The lowest BCUT2D eigenvalue weighted by Gasteiger charge is -2.40. The van der Waals surface area contributed by atoms with Crippen LogP contribution < -0.4 is 4.90 Å². The average molecular weight is 419 g/mol. The molecule has 8 heteroatoms. The molecule has 2 unspecified atom stereocenters. The van der Waals surface area contributed by atoms with Crippen LogP contribution >= 0.6 is 0 Å². The number of guanidine groups is 1. The molecule has 31 heavy (non-hydrogen) atoms. The summed E-state index contributed by atoms with van der Waals surface area (Å²) in [6.45, 7) is 3.86. The highest BCUT2D eigenvalue weighted by Crippen LogP contribution is 2.36. The highest BCUT2D eigenvalue weighted by Gasteiger charge is 2.54. The van der Waals surface area contributed by atoms with E-state index in [0.29, 0.717) is 11.5 Å². The minimum Gasteiger partial charge on any atom is -0.302 e. The summed E-state index contributed by atoms with van der Waals surface area (Å²) >= 11 is 0. The van der Waals surface area contributed by atoms with E-state index in [1.54, 1.807) is 25.2 Å². The second-order valence-electron chi connectivity index (χ2n) is 8.05. The van der Waals surface area contributed by atoms with Crippen LogP contribution in [0.1, 0.15) is 18.1 Å². The van der Waals surface area contributed by atoms with Crippen LogP contribution in [0.25, 0.3) is 0 Å². The first-order valence-electron chi connectivity index (χ1n) is 10.1. The molecule has 0 N–H and O–H groups in total. The highest BCUT2D eigenvalue weighted by molar-refractivity contribution is 6.09. The van der Waals surface area contributed by atoms with Gasteiger partial charge in [0, 0.05) is 30.2 Å². The van der Waals surface area contributed by atoms with Crippen LogP contribution in [0.3, 0.4) is 0 Å². The smallest absolute Gasteiger partial charge is 0.302 e. The molecule has 2 aromatic rings. The fourth-order valence-electron chi connectivity index (χ4n) is 4.31. The predicted octanol–water partition coefficient (Wildman–Crippen LogP) is 3.28. The van der Waals surface area contributed by atoms with Gasteiger partial charge in [0.1, 0.15) is 5.82 Å². The largest absolute Gasteiger partial charge is 0.328 e. The summed E-state index contributed by atoms with van der Waals surface area (Å²) in [5, 5.41) is 0. The quantitative estimate of drug-likeness (QED) is 0.766. The lowest BCUT2D eigenvalue weighted by atomic mass is 10.1. The molecule has 0 aromatic heterocycles. The fraction of sp³-hybridized carbons (Fsp3) is 0.261. The molecule has 0 aliphatic carbocycles. The van der Waals surface area contributed by atoms with Gasteiger partial charge in [0.2, 0.25) is 5.96 Å². The number of allylic oxidation sites excluding steroid dienone is 1. The summed E-state index contributed by atoms with van der Waals surface area (Å²) in [7, 11) is 1.62. The van der Waals surface area contributed by atoms with Crippen molar-refractivity contribution in [1.82, 2.24) is 14.7 Å². The molecule has 3 aliphatic heterocycles. The summed E-state index contributed by atoms with van der Waals surface area (Å²) in [4.78, 5) is 37.5. The van der Waals surface area contributed by atoms with Gasteiger partial charge in [0.15, 0.2) is 12.2 Å². The van der Waals surface area contributed by atoms with Gasteiger partial charge in [-0.1, -0.05) is 35.9 Å². The number of hydrogen-bond donors (Lipinski definition) is 0. The molecule has 0 bridgehead atoms. The van der Waals surface area contributed by atoms with Gasteiger partial charge in [-0.3, -0.25) is 14.6 Å². The molecule has 0 radical (unpaired) electrons. The molecule has 3 heterocycles. The Hall–Kier alpha value is -3.68. The van der Waals surface area contributed by atoms with Crippen LogP contribution in [0.2, 0.25) is 0 Å². The number of aliphatic imine (C=N–C) groups is 1. The molecule has 1 saturated heterocycles. The van der Waals surface area contributed by atoms with E-state index in [4.69, 9.17) is 4.99 Å². The van der Waals surface area contributed by atoms with Gasteiger partial charge < -0.3 is 9.80 Å². The molecule has 2 aromatic carbocycles. The Morgan fingerprint density at radius 2 is 1.74 bits per heavy atom. The molecule has 1 fully saturated rings. The van der Waals surface area contributed by atoms with Gasteiger partial charge in [0.25, 0.3) is 5.91 Å². The number of carbonyl (C=O) groups excluding carboxylic acids is 2. The fourth-order valence-corrected chi connectivity index (χ4v) is 4.31. The normalized spacial score (nSPS) is 22.6. The van der Waals surface area contributed by atoms with Crippen molar-refractivity contribution < 1.29 is 14.0 Å². The van der Waals surface area contributed by atoms with E-state index < -0.39 is 24.1 Å². The number of benzene rings is 2. The Kier molecular flexibility index (Phi) is 4.32. The number of urea groups is 1. The summed E-state index contributed by atoms with van der Waals surface area (Å²) < 4.78 is 14.2. The number of amides is 3. The van der Waals surface area contributed by atoms with E-state index in [9.17, 15) is 14.0 Å². The van der Waals surface area contributed by atoms with Gasteiger partial charge in [-0.15, -0.1) is 0 Å². The summed E-state index contributed by atoms with van der Waals surface area (Å²) in [6.07, 6.45) is 1.25. The third kappa shape index (κ3) is 2.90. The van der Waals surface area contributed by atoms with Crippen molar-refractivity contribution in [2.45, 2.75) is 32.6 Å². The lowest BCUT2D eigenvalue weighted by molar-refractivity contribution is -0.137. The molecule has 3 amide bonds. The Labute approximate surface area is 179 Å². The minimum atomic E-state index is -0.685. The number of hydrogen-bond acceptors (Lipinski definition) is 5. The zero-order valence-electron chi connectivity index (χ0n) is 17.5. The number of rotatable bonds is 3. The van der Waals surface area contributed by atoms with Crippen molar-refractivity contribution in [2.24, 2.45) is 4.99 Å². The first kappa shape index (κ1) is 19.3. The molecule has 0 spiro atoms. The van der Waals surface area contributed by atoms with Crippen LogP contribution in [0.5, 0.6) is 0 Å². The van der Waals surface area contributed by atoms with E-state index >= 15 is 0 Å². The van der Waals surface area contributed by atoms with E-state index in [2.05, 4.69) is 0 Å². The lowest BCUT2D eigenvalue weighted by Crippen LogP contribution is -2.63. The molecule has 158 valence electrons. The SMILES string of the molecule is CC1=CN2C(=NC3C2C(=O)N(Cc2ccccc2F)C(=O)N3C)N1c1ccc(C)cc1. The maximum atomic E-state index is 14.2. The topological polar surface area (TPSA) is 59.5 Å².